The zero-order valence-electron chi connectivity index (χ0n) is 12.4. The van der Waals surface area contributed by atoms with Crippen molar-refractivity contribution in [2.45, 2.75) is 26.4 Å². The Morgan fingerprint density at radius 2 is 1.86 bits per heavy atom. The zero-order valence-corrected chi connectivity index (χ0v) is 12.4. The monoisotopic (exact) mass is 281 g/mol. The summed E-state index contributed by atoms with van der Waals surface area (Å²) >= 11 is 0. The topological polar surface area (TPSA) is 42.2 Å². The molecule has 0 aliphatic carbocycles. The molecule has 0 unspecified atom stereocenters. The highest BCUT2D eigenvalue weighted by Crippen LogP contribution is 2.22. The van der Waals surface area contributed by atoms with Crippen LogP contribution < -0.4 is 9.47 Å². The highest BCUT2D eigenvalue weighted by atomic mass is 16.5. The van der Waals surface area contributed by atoms with Crippen LogP contribution in [0.4, 0.5) is 0 Å². The van der Waals surface area contributed by atoms with E-state index in [1.165, 1.54) is 5.56 Å². The summed E-state index contributed by atoms with van der Waals surface area (Å²) in [7, 11) is 1.62. The largest absolute Gasteiger partial charge is 0.496 e. The first-order chi connectivity index (χ1) is 10.3. The number of hydrogen-bond donors (Lipinski definition) is 0. The number of hydrogen-bond acceptors (Lipinski definition) is 3. The third-order valence-electron chi connectivity index (χ3n) is 3.27. The van der Waals surface area contributed by atoms with Crippen LogP contribution in [0.1, 0.15) is 30.0 Å². The summed E-state index contributed by atoms with van der Waals surface area (Å²) in [6.07, 6.45) is 2.22. The van der Waals surface area contributed by atoms with Gasteiger partial charge in [0.1, 0.15) is 18.1 Å². The SMILES string of the molecule is CCCc1ccc(OCc2cc(C#N)ccc2OC)cc1. The minimum absolute atomic E-state index is 0.381. The molecule has 0 saturated heterocycles. The molecule has 0 spiro atoms. The van der Waals surface area contributed by atoms with E-state index in [0.717, 1.165) is 29.9 Å². The van der Waals surface area contributed by atoms with Crippen molar-refractivity contribution >= 4 is 0 Å². The van der Waals surface area contributed by atoms with E-state index in [4.69, 9.17) is 14.7 Å². The van der Waals surface area contributed by atoms with Gasteiger partial charge in [0.05, 0.1) is 18.7 Å². The van der Waals surface area contributed by atoms with Gasteiger partial charge in [-0.2, -0.15) is 5.26 Å². The van der Waals surface area contributed by atoms with E-state index in [1.54, 1.807) is 25.3 Å². The predicted octanol–water partition coefficient (Wildman–Crippen LogP) is 4.10. The molecule has 0 aromatic heterocycles. The van der Waals surface area contributed by atoms with Gasteiger partial charge in [-0.3, -0.25) is 0 Å². The van der Waals surface area contributed by atoms with Gasteiger partial charge in [-0.05, 0) is 42.3 Å². The van der Waals surface area contributed by atoms with Crippen LogP contribution in [0.15, 0.2) is 42.5 Å². The second-order valence-corrected chi connectivity index (χ2v) is 4.82. The standard InChI is InChI=1S/C18H19NO2/c1-3-4-14-5-8-17(9-6-14)21-13-16-11-15(12-19)7-10-18(16)20-2/h5-11H,3-4,13H2,1-2H3. The lowest BCUT2D eigenvalue weighted by atomic mass is 10.1. The molecule has 0 saturated carbocycles. The van der Waals surface area contributed by atoms with Crippen molar-refractivity contribution in [3.63, 3.8) is 0 Å². The number of ether oxygens (including phenoxy) is 2. The van der Waals surface area contributed by atoms with Gasteiger partial charge in [0.15, 0.2) is 0 Å². The molecule has 0 fully saturated rings. The lowest BCUT2D eigenvalue weighted by molar-refractivity contribution is 0.296. The molecule has 0 amide bonds. The summed E-state index contributed by atoms with van der Waals surface area (Å²) in [5.41, 5.74) is 2.79. The summed E-state index contributed by atoms with van der Waals surface area (Å²) in [5, 5.41) is 8.96. The molecule has 2 aromatic carbocycles. The third-order valence-corrected chi connectivity index (χ3v) is 3.27. The first-order valence-corrected chi connectivity index (χ1v) is 7.05. The fraction of sp³-hybridized carbons (Fsp3) is 0.278. The van der Waals surface area contributed by atoms with Crippen molar-refractivity contribution in [3.05, 3.63) is 59.2 Å². The summed E-state index contributed by atoms with van der Waals surface area (Å²) in [6, 6.07) is 15.6. The lowest BCUT2D eigenvalue weighted by Crippen LogP contribution is -1.99. The summed E-state index contributed by atoms with van der Waals surface area (Å²) < 4.78 is 11.1. The van der Waals surface area contributed by atoms with Crippen LogP contribution in [0, 0.1) is 11.3 Å². The van der Waals surface area contributed by atoms with E-state index in [-0.39, 0.29) is 0 Å². The Balaban J connectivity index is 2.07. The molecule has 0 atom stereocenters. The average molecular weight is 281 g/mol. The average Bonchev–Trinajstić information content (AvgIpc) is 2.54. The Morgan fingerprint density at radius 3 is 2.48 bits per heavy atom. The van der Waals surface area contributed by atoms with Crippen molar-refractivity contribution in [2.24, 2.45) is 0 Å². The Bertz CT molecular complexity index is 627. The first-order valence-electron chi connectivity index (χ1n) is 7.05. The Labute approximate surface area is 125 Å². The van der Waals surface area contributed by atoms with E-state index in [2.05, 4.69) is 25.1 Å². The zero-order chi connectivity index (χ0) is 15.1. The van der Waals surface area contributed by atoms with E-state index in [9.17, 15) is 0 Å². The predicted molar refractivity (Wildman–Crippen MR) is 82.5 cm³/mol. The van der Waals surface area contributed by atoms with E-state index >= 15 is 0 Å². The van der Waals surface area contributed by atoms with Gasteiger partial charge >= 0.3 is 0 Å². The molecule has 0 aliphatic heterocycles. The van der Waals surface area contributed by atoms with E-state index < -0.39 is 0 Å². The molecular formula is C18H19NO2. The molecular weight excluding hydrogens is 262 g/mol. The fourth-order valence-corrected chi connectivity index (χ4v) is 2.16. The fourth-order valence-electron chi connectivity index (χ4n) is 2.16. The molecule has 0 radical (unpaired) electrons. The minimum atomic E-state index is 0.381. The molecule has 108 valence electrons. The molecule has 3 heteroatoms. The van der Waals surface area contributed by atoms with Gasteiger partial charge in [0, 0.05) is 5.56 Å². The number of nitriles is 1. The van der Waals surface area contributed by atoms with Crippen LogP contribution >= 0.6 is 0 Å². The number of nitrogens with zero attached hydrogens (tertiary/aromatic N) is 1. The maximum atomic E-state index is 8.96. The lowest BCUT2D eigenvalue weighted by Gasteiger charge is -2.11. The van der Waals surface area contributed by atoms with Gasteiger partial charge in [-0.15, -0.1) is 0 Å². The molecule has 0 bridgehead atoms. The van der Waals surface area contributed by atoms with Gasteiger partial charge in [0.2, 0.25) is 0 Å². The van der Waals surface area contributed by atoms with Gasteiger partial charge < -0.3 is 9.47 Å². The van der Waals surface area contributed by atoms with Crippen molar-refractivity contribution in [3.8, 4) is 17.6 Å². The summed E-state index contributed by atoms with van der Waals surface area (Å²) in [4.78, 5) is 0. The maximum Gasteiger partial charge on any atom is 0.125 e. The summed E-state index contributed by atoms with van der Waals surface area (Å²) in [6.45, 7) is 2.55. The Morgan fingerprint density at radius 1 is 1.10 bits per heavy atom. The first kappa shape index (κ1) is 14.9. The molecule has 21 heavy (non-hydrogen) atoms. The van der Waals surface area contributed by atoms with Crippen LogP contribution in [-0.4, -0.2) is 7.11 Å². The van der Waals surface area contributed by atoms with Crippen molar-refractivity contribution < 1.29 is 9.47 Å². The number of rotatable bonds is 6. The maximum absolute atomic E-state index is 8.96. The van der Waals surface area contributed by atoms with Gasteiger partial charge in [-0.1, -0.05) is 25.5 Å². The van der Waals surface area contributed by atoms with Crippen LogP contribution in [-0.2, 0) is 13.0 Å². The minimum Gasteiger partial charge on any atom is -0.496 e. The second-order valence-electron chi connectivity index (χ2n) is 4.82. The van der Waals surface area contributed by atoms with Crippen LogP contribution in [0.25, 0.3) is 0 Å². The van der Waals surface area contributed by atoms with Crippen molar-refractivity contribution in [1.82, 2.24) is 0 Å². The molecule has 0 heterocycles. The van der Waals surface area contributed by atoms with Crippen LogP contribution in [0.5, 0.6) is 11.5 Å². The molecule has 3 nitrogen and oxygen atoms in total. The highest BCUT2D eigenvalue weighted by Gasteiger charge is 2.05. The van der Waals surface area contributed by atoms with Crippen molar-refractivity contribution in [1.29, 1.82) is 5.26 Å². The summed E-state index contributed by atoms with van der Waals surface area (Å²) in [5.74, 6) is 1.55. The van der Waals surface area contributed by atoms with E-state index in [1.807, 2.05) is 12.1 Å². The molecule has 0 aliphatic rings. The van der Waals surface area contributed by atoms with Gasteiger partial charge in [0.25, 0.3) is 0 Å². The molecule has 0 N–H and O–H groups in total. The molecule has 2 rings (SSSR count). The van der Waals surface area contributed by atoms with Gasteiger partial charge in [-0.25, -0.2) is 0 Å². The Hall–Kier alpha value is -2.47. The van der Waals surface area contributed by atoms with Crippen LogP contribution in [0.2, 0.25) is 0 Å². The number of aryl methyl sites for hydroxylation is 1. The normalized spacial score (nSPS) is 9.95. The Kier molecular flexibility index (Phi) is 5.22. The van der Waals surface area contributed by atoms with Crippen molar-refractivity contribution in [2.75, 3.05) is 7.11 Å². The second kappa shape index (κ2) is 7.35. The smallest absolute Gasteiger partial charge is 0.125 e. The van der Waals surface area contributed by atoms with E-state index in [0.29, 0.717) is 12.2 Å². The highest BCUT2D eigenvalue weighted by molar-refractivity contribution is 5.42. The quantitative estimate of drug-likeness (QED) is 0.800. The third kappa shape index (κ3) is 4.00. The number of methoxy groups -OCH3 is 1. The number of benzene rings is 2. The molecule has 2 aromatic rings. The van der Waals surface area contributed by atoms with Crippen LogP contribution in [0.3, 0.4) is 0 Å².